The Labute approximate surface area is 186 Å². The molecule has 1 fully saturated rings. The van der Waals surface area contributed by atoms with Gasteiger partial charge in [-0.15, -0.1) is 11.8 Å². The predicted molar refractivity (Wildman–Crippen MR) is 116 cm³/mol. The Hall–Kier alpha value is -2.55. The van der Waals surface area contributed by atoms with Gasteiger partial charge >= 0.3 is 5.97 Å². The molecule has 10 heteroatoms. The molecule has 1 atom stereocenters. The Balaban J connectivity index is 1.46. The van der Waals surface area contributed by atoms with E-state index < -0.39 is 23.7 Å². The molecule has 3 amide bonds. The summed E-state index contributed by atoms with van der Waals surface area (Å²) in [6.07, 6.45) is -0.000569. The molecule has 3 rings (SSSR count). The van der Waals surface area contributed by atoms with Gasteiger partial charge in [0, 0.05) is 11.4 Å². The summed E-state index contributed by atoms with van der Waals surface area (Å²) in [5, 5.41) is 2.50. The summed E-state index contributed by atoms with van der Waals surface area (Å²) in [4.78, 5) is 49.7. The summed E-state index contributed by atoms with van der Waals surface area (Å²) in [5.41, 5.74) is 0.796. The van der Waals surface area contributed by atoms with Crippen LogP contribution in [0.4, 0.5) is 11.4 Å². The normalized spacial score (nSPS) is 15.9. The molecule has 1 N–H and O–H groups in total. The zero-order chi connectivity index (χ0) is 21.7. The number of benzene rings is 2. The first-order valence-corrected chi connectivity index (χ1v) is 10.6. The van der Waals surface area contributed by atoms with Crippen molar-refractivity contribution in [1.29, 1.82) is 0 Å². The molecule has 0 aromatic heterocycles. The lowest BCUT2D eigenvalue weighted by molar-refractivity contribution is -0.144. The molecule has 7 nitrogen and oxygen atoms in total. The first kappa shape index (κ1) is 22.1. The molecule has 1 unspecified atom stereocenters. The van der Waals surface area contributed by atoms with E-state index in [-0.39, 0.29) is 24.0 Å². The Bertz CT molecular complexity index is 986. The maximum Gasteiger partial charge on any atom is 0.316 e. The van der Waals surface area contributed by atoms with Gasteiger partial charge in [-0.25, -0.2) is 4.90 Å². The van der Waals surface area contributed by atoms with Crippen molar-refractivity contribution >= 4 is 70.0 Å². The van der Waals surface area contributed by atoms with Crippen LogP contribution in [0.5, 0.6) is 0 Å². The molecule has 2 aromatic rings. The van der Waals surface area contributed by atoms with Gasteiger partial charge in [0.1, 0.15) is 0 Å². The number of carbonyl (C=O) groups excluding carboxylic acids is 4. The lowest BCUT2D eigenvalue weighted by Gasteiger charge is -2.14. The van der Waals surface area contributed by atoms with E-state index in [9.17, 15) is 19.2 Å². The number of imide groups is 1. The van der Waals surface area contributed by atoms with Crippen LogP contribution in [0.1, 0.15) is 6.42 Å². The van der Waals surface area contributed by atoms with Gasteiger partial charge in [0.15, 0.2) is 6.61 Å². The molecule has 1 aliphatic rings. The number of carbonyl (C=O) groups is 4. The summed E-state index contributed by atoms with van der Waals surface area (Å²) in [5.74, 6) is -2.13. The fourth-order valence-electron chi connectivity index (χ4n) is 2.72. The smallest absolute Gasteiger partial charge is 0.316 e. The lowest BCUT2D eigenvalue weighted by atomic mass is 10.3. The maximum atomic E-state index is 12.5. The Kier molecular flexibility index (Phi) is 7.36. The topological polar surface area (TPSA) is 92.8 Å². The molecule has 1 heterocycles. The number of halogens is 2. The zero-order valence-corrected chi connectivity index (χ0v) is 17.8. The van der Waals surface area contributed by atoms with Crippen molar-refractivity contribution in [3.63, 3.8) is 0 Å². The summed E-state index contributed by atoms with van der Waals surface area (Å²) >= 11 is 12.8. The lowest BCUT2D eigenvalue weighted by Crippen LogP contribution is -2.31. The van der Waals surface area contributed by atoms with Crippen LogP contribution in [0, 0.1) is 0 Å². The summed E-state index contributed by atoms with van der Waals surface area (Å²) in [6, 6.07) is 13.2. The minimum absolute atomic E-state index is 0.000569. The third kappa shape index (κ3) is 5.53. The van der Waals surface area contributed by atoms with Gasteiger partial charge < -0.3 is 10.1 Å². The highest BCUT2D eigenvalue weighted by Crippen LogP contribution is 2.29. The number of para-hydroxylation sites is 1. The molecular formula is C20H16Cl2N2O5S. The first-order chi connectivity index (χ1) is 14.3. The maximum absolute atomic E-state index is 12.5. The van der Waals surface area contributed by atoms with Crippen molar-refractivity contribution in [3.05, 3.63) is 58.6 Å². The molecule has 0 bridgehead atoms. The van der Waals surface area contributed by atoms with Crippen molar-refractivity contribution in [2.45, 2.75) is 11.7 Å². The van der Waals surface area contributed by atoms with Crippen LogP contribution in [-0.2, 0) is 23.9 Å². The highest BCUT2D eigenvalue weighted by atomic mass is 35.5. The molecule has 0 saturated carbocycles. The number of thioether (sulfide) groups is 1. The predicted octanol–water partition coefficient (Wildman–Crippen LogP) is 3.54. The molecule has 1 saturated heterocycles. The van der Waals surface area contributed by atoms with Crippen LogP contribution in [0.15, 0.2) is 48.5 Å². The minimum atomic E-state index is -0.677. The van der Waals surface area contributed by atoms with E-state index >= 15 is 0 Å². The largest absolute Gasteiger partial charge is 0.455 e. The van der Waals surface area contributed by atoms with E-state index in [1.807, 2.05) is 0 Å². The van der Waals surface area contributed by atoms with Gasteiger partial charge in [-0.05, 0) is 30.3 Å². The average molecular weight is 467 g/mol. The van der Waals surface area contributed by atoms with Gasteiger partial charge in [0.2, 0.25) is 11.8 Å². The SMILES string of the molecule is O=C(COC(=O)CSC1CC(=O)N(c2ccccc2)C1=O)Nc1cc(Cl)ccc1Cl. The van der Waals surface area contributed by atoms with Gasteiger partial charge in [-0.3, -0.25) is 19.2 Å². The number of nitrogens with one attached hydrogen (secondary N) is 1. The Morgan fingerprint density at radius 1 is 1.13 bits per heavy atom. The van der Waals surface area contributed by atoms with Crippen molar-refractivity contribution in [2.24, 2.45) is 0 Å². The summed E-state index contributed by atoms with van der Waals surface area (Å²) < 4.78 is 4.92. The van der Waals surface area contributed by atoms with E-state index in [0.29, 0.717) is 21.4 Å². The highest BCUT2D eigenvalue weighted by molar-refractivity contribution is 8.01. The number of hydrogen-bond donors (Lipinski definition) is 1. The van der Waals surface area contributed by atoms with Gasteiger partial charge in [0.25, 0.3) is 5.91 Å². The monoisotopic (exact) mass is 466 g/mol. The molecule has 0 spiro atoms. The van der Waals surface area contributed by atoms with Crippen LogP contribution in [0.3, 0.4) is 0 Å². The van der Waals surface area contributed by atoms with Crippen molar-refractivity contribution in [1.82, 2.24) is 0 Å². The van der Waals surface area contributed by atoms with Crippen LogP contribution in [0.2, 0.25) is 10.0 Å². The Morgan fingerprint density at radius 2 is 1.87 bits per heavy atom. The first-order valence-electron chi connectivity index (χ1n) is 8.79. The second-order valence-corrected chi connectivity index (χ2v) is 8.27. The number of esters is 1. The molecule has 30 heavy (non-hydrogen) atoms. The molecule has 0 radical (unpaired) electrons. The van der Waals surface area contributed by atoms with E-state index in [2.05, 4.69) is 5.32 Å². The summed E-state index contributed by atoms with van der Waals surface area (Å²) in [6.45, 7) is -0.518. The molecular weight excluding hydrogens is 451 g/mol. The number of amides is 3. The average Bonchev–Trinajstić information content (AvgIpc) is 3.01. The van der Waals surface area contributed by atoms with Crippen molar-refractivity contribution < 1.29 is 23.9 Å². The van der Waals surface area contributed by atoms with Crippen LogP contribution in [-0.4, -0.2) is 41.3 Å². The molecule has 1 aliphatic heterocycles. The van der Waals surface area contributed by atoms with E-state index in [0.717, 1.165) is 16.7 Å². The van der Waals surface area contributed by atoms with Crippen LogP contribution < -0.4 is 10.2 Å². The quantitative estimate of drug-likeness (QED) is 0.495. The van der Waals surface area contributed by atoms with Gasteiger partial charge in [-0.2, -0.15) is 0 Å². The fourth-order valence-corrected chi connectivity index (χ4v) is 3.98. The minimum Gasteiger partial charge on any atom is -0.455 e. The summed E-state index contributed by atoms with van der Waals surface area (Å²) in [7, 11) is 0. The van der Waals surface area contributed by atoms with E-state index in [4.69, 9.17) is 27.9 Å². The standard InChI is InChI=1S/C20H16Cl2N2O5S/c21-12-6-7-14(22)15(8-12)23-17(25)10-29-19(27)11-30-16-9-18(26)24(20(16)28)13-4-2-1-3-5-13/h1-8,16H,9-11H2,(H,23,25). The van der Waals surface area contributed by atoms with Crippen molar-refractivity contribution in [2.75, 3.05) is 22.6 Å². The number of ether oxygens (including phenoxy) is 1. The fraction of sp³-hybridized carbons (Fsp3) is 0.200. The number of hydrogen-bond acceptors (Lipinski definition) is 6. The number of rotatable bonds is 7. The second kappa shape index (κ2) is 9.97. The van der Waals surface area contributed by atoms with Crippen LogP contribution in [0.25, 0.3) is 0 Å². The highest BCUT2D eigenvalue weighted by Gasteiger charge is 2.40. The second-order valence-electron chi connectivity index (χ2n) is 6.24. The van der Waals surface area contributed by atoms with Crippen LogP contribution >= 0.6 is 35.0 Å². The third-order valence-electron chi connectivity index (χ3n) is 4.09. The van der Waals surface area contributed by atoms with Gasteiger partial charge in [0.05, 0.1) is 27.4 Å². The van der Waals surface area contributed by atoms with Gasteiger partial charge in [-0.1, -0.05) is 41.4 Å². The van der Waals surface area contributed by atoms with E-state index in [1.165, 1.54) is 12.1 Å². The Morgan fingerprint density at radius 3 is 2.60 bits per heavy atom. The number of anilines is 2. The zero-order valence-electron chi connectivity index (χ0n) is 15.5. The van der Waals surface area contributed by atoms with Crippen molar-refractivity contribution in [3.8, 4) is 0 Å². The number of nitrogens with zero attached hydrogens (tertiary/aromatic N) is 1. The third-order valence-corrected chi connectivity index (χ3v) is 5.83. The molecule has 2 aromatic carbocycles. The molecule has 0 aliphatic carbocycles. The van der Waals surface area contributed by atoms with E-state index in [1.54, 1.807) is 36.4 Å². The molecule has 156 valence electrons.